The van der Waals surface area contributed by atoms with E-state index in [4.69, 9.17) is 5.73 Å². The molecule has 0 aliphatic carbocycles. The van der Waals surface area contributed by atoms with Crippen molar-refractivity contribution in [3.8, 4) is 0 Å². The van der Waals surface area contributed by atoms with E-state index in [1.165, 1.54) is 0 Å². The summed E-state index contributed by atoms with van der Waals surface area (Å²) in [6.45, 7) is 2.57. The first-order chi connectivity index (χ1) is 10.6. The van der Waals surface area contributed by atoms with Crippen LogP contribution < -0.4 is 10.6 Å². The molecule has 7 heteroatoms. The number of nitrogens with zero attached hydrogens (tertiary/aromatic N) is 3. The number of hydrogen-bond acceptors (Lipinski definition) is 5. The Morgan fingerprint density at radius 2 is 2.23 bits per heavy atom. The first kappa shape index (κ1) is 14.6. The number of primary amides is 1. The lowest BCUT2D eigenvalue weighted by Gasteiger charge is -2.30. The van der Waals surface area contributed by atoms with Crippen molar-refractivity contribution in [1.29, 1.82) is 0 Å². The Balaban J connectivity index is 2.04. The average Bonchev–Trinajstić information content (AvgIpc) is 3.01. The highest BCUT2D eigenvalue weighted by Gasteiger charge is 2.28. The van der Waals surface area contributed by atoms with Gasteiger partial charge in [-0.1, -0.05) is 17.5 Å². The number of carbonyl (C=O) groups is 2. The second-order valence-corrected chi connectivity index (χ2v) is 5.88. The summed E-state index contributed by atoms with van der Waals surface area (Å²) in [6, 6.07) is 5.33. The number of aryl methyl sites for hydroxylation is 1. The second kappa shape index (κ2) is 5.84. The van der Waals surface area contributed by atoms with Gasteiger partial charge in [-0.3, -0.25) is 9.59 Å². The van der Waals surface area contributed by atoms with Gasteiger partial charge in [0.05, 0.1) is 5.69 Å². The molecular weight excluding hydrogens is 300 g/mol. The van der Waals surface area contributed by atoms with Gasteiger partial charge in [-0.25, -0.2) is 0 Å². The van der Waals surface area contributed by atoms with Gasteiger partial charge in [0.1, 0.15) is 4.88 Å². The van der Waals surface area contributed by atoms with Crippen molar-refractivity contribution in [3.05, 3.63) is 39.9 Å². The van der Waals surface area contributed by atoms with Crippen LogP contribution in [0.1, 0.15) is 44.6 Å². The van der Waals surface area contributed by atoms with E-state index in [9.17, 15) is 9.59 Å². The summed E-state index contributed by atoms with van der Waals surface area (Å²) in [4.78, 5) is 26.7. The second-order valence-electron chi connectivity index (χ2n) is 5.13. The lowest BCUT2D eigenvalue weighted by atomic mass is 9.95. The molecule has 1 aliphatic heterocycles. The van der Waals surface area contributed by atoms with Gasteiger partial charge in [-0.15, -0.1) is 5.10 Å². The first-order valence-corrected chi connectivity index (χ1v) is 7.95. The van der Waals surface area contributed by atoms with Gasteiger partial charge in [-0.2, -0.15) is 0 Å². The number of aromatic nitrogens is 2. The van der Waals surface area contributed by atoms with Gasteiger partial charge in [0.25, 0.3) is 5.91 Å². The molecule has 0 spiro atoms. The van der Waals surface area contributed by atoms with Crippen LogP contribution in [0.3, 0.4) is 0 Å². The molecule has 1 aromatic carbocycles. The third-order valence-corrected chi connectivity index (χ3v) is 4.60. The number of amides is 2. The summed E-state index contributed by atoms with van der Waals surface area (Å²) in [5.74, 6) is -0.561. The lowest BCUT2D eigenvalue weighted by Crippen LogP contribution is -2.36. The van der Waals surface area contributed by atoms with E-state index in [-0.39, 0.29) is 5.91 Å². The minimum Gasteiger partial charge on any atom is -0.366 e. The number of nitrogens with two attached hydrogens (primary N) is 1. The molecule has 0 saturated carbocycles. The zero-order valence-electron chi connectivity index (χ0n) is 12.2. The third kappa shape index (κ3) is 2.37. The van der Waals surface area contributed by atoms with Crippen molar-refractivity contribution >= 4 is 29.0 Å². The lowest BCUT2D eigenvalue weighted by molar-refractivity contribution is 0.0979. The minimum atomic E-state index is -0.458. The summed E-state index contributed by atoms with van der Waals surface area (Å²) in [5, 5.41) is 4.00. The van der Waals surface area contributed by atoms with Gasteiger partial charge in [-0.05, 0) is 48.5 Å². The number of anilines is 1. The Bertz CT molecular complexity index is 741. The maximum atomic E-state index is 12.8. The van der Waals surface area contributed by atoms with E-state index in [0.717, 1.165) is 35.6 Å². The molecule has 1 aromatic heterocycles. The monoisotopic (exact) mass is 316 g/mol. The summed E-state index contributed by atoms with van der Waals surface area (Å²) >= 11 is 1.12. The molecule has 0 saturated heterocycles. The van der Waals surface area contributed by atoms with E-state index in [1.54, 1.807) is 17.0 Å². The number of rotatable bonds is 3. The van der Waals surface area contributed by atoms with Crippen molar-refractivity contribution in [1.82, 2.24) is 9.59 Å². The highest BCUT2D eigenvalue weighted by molar-refractivity contribution is 7.08. The van der Waals surface area contributed by atoms with Crippen LogP contribution in [0.4, 0.5) is 5.69 Å². The molecule has 0 bridgehead atoms. The summed E-state index contributed by atoms with van der Waals surface area (Å²) in [7, 11) is 0. The average molecular weight is 316 g/mol. The molecule has 2 aromatic rings. The van der Waals surface area contributed by atoms with E-state index >= 15 is 0 Å². The summed E-state index contributed by atoms with van der Waals surface area (Å²) in [5.41, 5.74) is 8.27. The zero-order valence-corrected chi connectivity index (χ0v) is 13.0. The molecule has 2 N–H and O–H groups in total. The predicted molar refractivity (Wildman–Crippen MR) is 84.2 cm³/mol. The van der Waals surface area contributed by atoms with E-state index in [2.05, 4.69) is 9.59 Å². The molecule has 22 heavy (non-hydrogen) atoms. The third-order valence-electron chi connectivity index (χ3n) is 3.85. The van der Waals surface area contributed by atoms with Crippen molar-refractivity contribution in [2.45, 2.75) is 26.2 Å². The molecule has 0 radical (unpaired) electrons. The quantitative estimate of drug-likeness (QED) is 0.935. The SMILES string of the molecule is CCc1nnsc1C(=O)N1CCCc2c(C(N)=O)cccc21. The number of benzene rings is 1. The van der Waals surface area contributed by atoms with Crippen LogP contribution in [-0.2, 0) is 12.8 Å². The molecule has 0 fully saturated rings. The van der Waals surface area contributed by atoms with Gasteiger partial charge >= 0.3 is 0 Å². The van der Waals surface area contributed by atoms with E-state index in [0.29, 0.717) is 29.1 Å². The Morgan fingerprint density at radius 1 is 1.41 bits per heavy atom. The highest BCUT2D eigenvalue weighted by atomic mass is 32.1. The van der Waals surface area contributed by atoms with Crippen LogP contribution in [0.25, 0.3) is 0 Å². The van der Waals surface area contributed by atoms with Crippen LogP contribution >= 0.6 is 11.5 Å². The smallest absolute Gasteiger partial charge is 0.271 e. The maximum absolute atomic E-state index is 12.8. The number of fused-ring (bicyclic) bond motifs is 1. The van der Waals surface area contributed by atoms with Gasteiger partial charge in [0, 0.05) is 17.8 Å². The van der Waals surface area contributed by atoms with Gasteiger partial charge in [0.15, 0.2) is 0 Å². The largest absolute Gasteiger partial charge is 0.366 e. The van der Waals surface area contributed by atoms with Gasteiger partial charge < -0.3 is 10.6 Å². The molecule has 2 heterocycles. The summed E-state index contributed by atoms with van der Waals surface area (Å²) in [6.07, 6.45) is 2.22. The molecule has 114 valence electrons. The van der Waals surface area contributed by atoms with Crippen molar-refractivity contribution in [3.63, 3.8) is 0 Å². The summed E-state index contributed by atoms with van der Waals surface area (Å²) < 4.78 is 3.88. The molecule has 6 nitrogen and oxygen atoms in total. The van der Waals surface area contributed by atoms with Crippen molar-refractivity contribution in [2.24, 2.45) is 5.73 Å². The van der Waals surface area contributed by atoms with Gasteiger partial charge in [0.2, 0.25) is 5.91 Å². The Labute approximate surface area is 132 Å². The number of hydrogen-bond donors (Lipinski definition) is 1. The minimum absolute atomic E-state index is 0.102. The van der Waals surface area contributed by atoms with E-state index < -0.39 is 5.91 Å². The standard InChI is InChI=1S/C15H16N4O2S/c1-2-11-13(22-18-17-11)15(21)19-8-4-6-9-10(14(16)20)5-3-7-12(9)19/h3,5,7H,2,4,6,8H2,1H3,(H2,16,20). The fourth-order valence-corrected chi connectivity index (χ4v) is 3.49. The first-order valence-electron chi connectivity index (χ1n) is 7.18. The Kier molecular flexibility index (Phi) is 3.89. The molecule has 3 rings (SSSR count). The maximum Gasteiger partial charge on any atom is 0.271 e. The molecule has 1 aliphatic rings. The van der Waals surface area contributed by atoms with Crippen LogP contribution in [0, 0.1) is 0 Å². The number of carbonyl (C=O) groups excluding carboxylic acids is 2. The molecule has 0 unspecified atom stereocenters. The zero-order chi connectivity index (χ0) is 15.7. The normalized spacial score (nSPS) is 13.8. The molecular formula is C15H16N4O2S. The molecule has 0 atom stereocenters. The fourth-order valence-electron chi connectivity index (χ4n) is 2.79. The van der Waals surface area contributed by atoms with Crippen LogP contribution in [0.15, 0.2) is 18.2 Å². The Hall–Kier alpha value is -2.28. The fraction of sp³-hybridized carbons (Fsp3) is 0.333. The highest BCUT2D eigenvalue weighted by Crippen LogP contribution is 2.31. The van der Waals surface area contributed by atoms with Crippen LogP contribution in [0.2, 0.25) is 0 Å². The van der Waals surface area contributed by atoms with Crippen LogP contribution in [-0.4, -0.2) is 27.9 Å². The Morgan fingerprint density at radius 3 is 2.95 bits per heavy atom. The van der Waals surface area contributed by atoms with Crippen molar-refractivity contribution in [2.75, 3.05) is 11.4 Å². The van der Waals surface area contributed by atoms with E-state index in [1.807, 2.05) is 13.0 Å². The topological polar surface area (TPSA) is 89.2 Å². The van der Waals surface area contributed by atoms with Crippen LogP contribution in [0.5, 0.6) is 0 Å². The predicted octanol–water partition coefficient (Wildman–Crippen LogP) is 1.79. The van der Waals surface area contributed by atoms with Crippen molar-refractivity contribution < 1.29 is 9.59 Å². The molecule has 2 amide bonds.